The van der Waals surface area contributed by atoms with Crippen molar-refractivity contribution in [2.24, 2.45) is 0 Å². The van der Waals surface area contributed by atoms with Gasteiger partial charge in [-0.2, -0.15) is 0 Å². The molecule has 1 aromatic heterocycles. The maximum atomic E-state index is 13.6. The number of rotatable bonds is 8. The van der Waals surface area contributed by atoms with Gasteiger partial charge in [-0.15, -0.1) is 0 Å². The van der Waals surface area contributed by atoms with Gasteiger partial charge in [0.15, 0.2) is 18.2 Å². The van der Waals surface area contributed by atoms with Crippen molar-refractivity contribution in [3.05, 3.63) is 47.0 Å². The lowest BCUT2D eigenvalue weighted by Crippen LogP contribution is -2.22. The molecule has 1 N–H and O–H groups in total. The summed E-state index contributed by atoms with van der Waals surface area (Å²) in [5.74, 6) is -3.29. The van der Waals surface area contributed by atoms with Gasteiger partial charge in [-0.05, 0) is 32.9 Å². The van der Waals surface area contributed by atoms with Crippen LogP contribution in [0.4, 0.5) is 10.3 Å². The molecule has 0 bridgehead atoms. The highest BCUT2D eigenvalue weighted by atomic mass is 19.1. The van der Waals surface area contributed by atoms with Gasteiger partial charge in [0.05, 0.1) is 13.2 Å². The number of halogens is 1. The summed E-state index contributed by atoms with van der Waals surface area (Å²) in [6.45, 7) is 4.24. The van der Waals surface area contributed by atoms with Crippen molar-refractivity contribution < 1.29 is 37.4 Å². The molecular weight excluding hydrogens is 373 g/mol. The molecule has 0 radical (unpaired) electrons. The molecule has 0 aliphatic heterocycles. The minimum atomic E-state index is -0.854. The zero-order valence-electron chi connectivity index (χ0n) is 15.7. The van der Waals surface area contributed by atoms with E-state index < -0.39 is 30.3 Å². The number of carbonyl (C=O) groups excluding carboxylic acids is 3. The molecule has 2 rings (SSSR count). The number of hydrogen-bond acceptors (Lipinski definition) is 7. The number of anilines is 1. The van der Waals surface area contributed by atoms with Gasteiger partial charge in [-0.3, -0.25) is 10.1 Å². The number of benzene rings is 1. The van der Waals surface area contributed by atoms with E-state index in [-0.39, 0.29) is 41.7 Å². The molecule has 0 unspecified atom stereocenters. The van der Waals surface area contributed by atoms with Crippen LogP contribution in [0.25, 0.3) is 0 Å². The smallest absolute Gasteiger partial charge is 0.344 e. The average molecular weight is 393 g/mol. The number of esters is 2. The largest absolute Gasteiger partial charge is 0.481 e. The second-order valence-electron chi connectivity index (χ2n) is 5.45. The van der Waals surface area contributed by atoms with Crippen LogP contribution in [0.15, 0.2) is 28.7 Å². The minimum absolute atomic E-state index is 0.0507. The maximum absolute atomic E-state index is 13.6. The Morgan fingerprint density at radius 3 is 2.25 bits per heavy atom. The molecule has 0 saturated heterocycles. The van der Waals surface area contributed by atoms with Crippen molar-refractivity contribution in [3.8, 4) is 5.75 Å². The SMILES string of the molecule is CCOC(=O)c1c(C)oc(NC(=O)COc2ccccc2F)c1C(=O)OCC. The van der Waals surface area contributed by atoms with Crippen LogP contribution < -0.4 is 10.1 Å². The lowest BCUT2D eigenvalue weighted by Gasteiger charge is -2.08. The Hall–Kier alpha value is -3.36. The Kier molecular flexibility index (Phi) is 7.14. The molecule has 0 spiro atoms. The van der Waals surface area contributed by atoms with Gasteiger partial charge >= 0.3 is 11.9 Å². The van der Waals surface area contributed by atoms with Crippen molar-refractivity contribution in [2.75, 3.05) is 25.1 Å². The van der Waals surface area contributed by atoms with E-state index in [2.05, 4.69) is 5.32 Å². The molecule has 0 aliphatic rings. The van der Waals surface area contributed by atoms with Crippen LogP contribution >= 0.6 is 0 Å². The van der Waals surface area contributed by atoms with Gasteiger partial charge in [0.2, 0.25) is 5.88 Å². The molecule has 9 heteroatoms. The van der Waals surface area contributed by atoms with E-state index in [1.165, 1.54) is 25.1 Å². The fourth-order valence-electron chi connectivity index (χ4n) is 2.35. The standard InChI is InChI=1S/C19H20FNO7/c1-4-25-18(23)15-11(3)28-17(16(15)19(24)26-5-2)21-14(22)10-27-13-9-7-6-8-12(13)20/h6-9H,4-5,10H2,1-3H3,(H,21,22). The molecule has 0 aliphatic carbocycles. The molecule has 1 aromatic carbocycles. The first-order valence-electron chi connectivity index (χ1n) is 8.53. The molecule has 0 fully saturated rings. The number of para-hydroxylation sites is 1. The minimum Gasteiger partial charge on any atom is -0.481 e. The molecule has 1 heterocycles. The fourth-order valence-corrected chi connectivity index (χ4v) is 2.35. The van der Waals surface area contributed by atoms with E-state index in [1.54, 1.807) is 19.9 Å². The quantitative estimate of drug-likeness (QED) is 0.687. The highest BCUT2D eigenvalue weighted by molar-refractivity contribution is 6.09. The Bertz CT molecular complexity index is 875. The van der Waals surface area contributed by atoms with Crippen molar-refractivity contribution in [1.82, 2.24) is 0 Å². The predicted molar refractivity (Wildman–Crippen MR) is 95.9 cm³/mol. The third-order valence-corrected chi connectivity index (χ3v) is 3.49. The zero-order chi connectivity index (χ0) is 20.7. The van der Waals surface area contributed by atoms with Gasteiger partial charge in [0, 0.05) is 0 Å². The molecule has 0 saturated carbocycles. The fraction of sp³-hybridized carbons (Fsp3) is 0.316. The van der Waals surface area contributed by atoms with Crippen molar-refractivity contribution >= 4 is 23.7 Å². The normalized spacial score (nSPS) is 10.3. The van der Waals surface area contributed by atoms with Crippen LogP contribution in [0.3, 0.4) is 0 Å². The number of carbonyl (C=O) groups is 3. The summed E-state index contributed by atoms with van der Waals surface area (Å²) in [6, 6.07) is 5.59. The summed E-state index contributed by atoms with van der Waals surface area (Å²) in [6.07, 6.45) is 0. The molecule has 28 heavy (non-hydrogen) atoms. The van der Waals surface area contributed by atoms with Crippen LogP contribution in [0.2, 0.25) is 0 Å². The van der Waals surface area contributed by atoms with Crippen LogP contribution in [-0.2, 0) is 14.3 Å². The third kappa shape index (κ3) is 4.87. The first-order valence-corrected chi connectivity index (χ1v) is 8.53. The van der Waals surface area contributed by atoms with E-state index in [1.807, 2.05) is 0 Å². The number of ether oxygens (including phenoxy) is 3. The lowest BCUT2D eigenvalue weighted by molar-refractivity contribution is -0.118. The van der Waals surface area contributed by atoms with E-state index in [9.17, 15) is 18.8 Å². The summed E-state index contributed by atoms with van der Waals surface area (Å²) >= 11 is 0. The predicted octanol–water partition coefficient (Wildman–Crippen LogP) is 3.10. The second-order valence-corrected chi connectivity index (χ2v) is 5.45. The Morgan fingerprint density at radius 2 is 1.64 bits per heavy atom. The van der Waals surface area contributed by atoms with Crippen molar-refractivity contribution in [1.29, 1.82) is 0 Å². The first-order chi connectivity index (χ1) is 13.4. The molecule has 0 atom stereocenters. The highest BCUT2D eigenvalue weighted by Gasteiger charge is 2.31. The van der Waals surface area contributed by atoms with Crippen molar-refractivity contribution in [3.63, 3.8) is 0 Å². The van der Waals surface area contributed by atoms with Gasteiger partial charge in [-0.25, -0.2) is 14.0 Å². The summed E-state index contributed by atoms with van der Waals surface area (Å²) in [5, 5.41) is 2.34. The summed E-state index contributed by atoms with van der Waals surface area (Å²) in [5.41, 5.74) is -0.386. The van der Waals surface area contributed by atoms with Gasteiger partial charge in [0.1, 0.15) is 16.9 Å². The average Bonchev–Trinajstić information content (AvgIpc) is 2.97. The monoisotopic (exact) mass is 393 g/mol. The van der Waals surface area contributed by atoms with Crippen LogP contribution in [0.1, 0.15) is 40.3 Å². The van der Waals surface area contributed by atoms with Crippen LogP contribution in [0.5, 0.6) is 5.75 Å². The van der Waals surface area contributed by atoms with Crippen molar-refractivity contribution in [2.45, 2.75) is 20.8 Å². The molecule has 1 amide bonds. The number of amides is 1. The maximum Gasteiger partial charge on any atom is 0.344 e. The molecule has 8 nitrogen and oxygen atoms in total. The number of furan rings is 1. The number of hydrogen-bond donors (Lipinski definition) is 1. The highest BCUT2D eigenvalue weighted by Crippen LogP contribution is 2.29. The van der Waals surface area contributed by atoms with Gasteiger partial charge < -0.3 is 18.6 Å². The Labute approximate surface area is 160 Å². The lowest BCUT2D eigenvalue weighted by atomic mass is 10.1. The molecular formula is C19H20FNO7. The summed E-state index contributed by atoms with van der Waals surface area (Å²) in [7, 11) is 0. The van der Waals surface area contributed by atoms with E-state index in [0.717, 1.165) is 0 Å². The summed E-state index contributed by atoms with van der Waals surface area (Å²) < 4.78 is 33.9. The van der Waals surface area contributed by atoms with E-state index in [0.29, 0.717) is 0 Å². The first kappa shape index (κ1) is 20.9. The van der Waals surface area contributed by atoms with E-state index in [4.69, 9.17) is 18.6 Å². The van der Waals surface area contributed by atoms with Gasteiger partial charge in [-0.1, -0.05) is 12.1 Å². The van der Waals surface area contributed by atoms with Crippen LogP contribution in [-0.4, -0.2) is 37.7 Å². The topological polar surface area (TPSA) is 104 Å². The van der Waals surface area contributed by atoms with Gasteiger partial charge in [0.25, 0.3) is 5.91 Å². The Morgan fingerprint density at radius 1 is 1.04 bits per heavy atom. The zero-order valence-corrected chi connectivity index (χ0v) is 15.7. The molecule has 150 valence electrons. The Balaban J connectivity index is 2.22. The summed E-state index contributed by atoms with van der Waals surface area (Å²) in [4.78, 5) is 36.6. The van der Waals surface area contributed by atoms with Crippen LogP contribution in [0, 0.1) is 12.7 Å². The second kappa shape index (κ2) is 9.54. The number of nitrogens with one attached hydrogen (secondary N) is 1. The molecule has 2 aromatic rings. The number of aryl methyl sites for hydroxylation is 1. The third-order valence-electron chi connectivity index (χ3n) is 3.49. The van der Waals surface area contributed by atoms with E-state index >= 15 is 0 Å².